The standard InChI is InChI=1S/C26H28N6O/c1-17-15-18(2)29-26(28-17)31-24-11-5-9-22(30-24)23-10-6-14-32(23)25(33)13-12-19-16-27-21-8-4-3-7-20(19)21/h3-5,7-9,11,15-16,23,27H,6,10,12-14H2,1-2H3,(H,28,29,30,31)/t23-/m1/s1. The molecule has 0 saturated carbocycles. The lowest BCUT2D eigenvalue weighted by atomic mass is 10.1. The summed E-state index contributed by atoms with van der Waals surface area (Å²) in [5.41, 5.74) is 5.02. The number of nitrogens with zero attached hydrogens (tertiary/aromatic N) is 4. The number of aromatic nitrogens is 4. The van der Waals surface area contributed by atoms with Gasteiger partial charge in [-0.05, 0) is 62.9 Å². The Morgan fingerprint density at radius 1 is 1.09 bits per heavy atom. The summed E-state index contributed by atoms with van der Waals surface area (Å²) in [6.45, 7) is 4.67. The Labute approximate surface area is 193 Å². The van der Waals surface area contributed by atoms with Crippen molar-refractivity contribution in [2.75, 3.05) is 11.9 Å². The van der Waals surface area contributed by atoms with Gasteiger partial charge in [0.15, 0.2) is 0 Å². The molecule has 0 aliphatic carbocycles. The first kappa shape index (κ1) is 21.1. The lowest BCUT2D eigenvalue weighted by Gasteiger charge is -2.24. The van der Waals surface area contributed by atoms with Crippen LogP contribution in [0.25, 0.3) is 10.9 Å². The number of hydrogen-bond acceptors (Lipinski definition) is 5. The highest BCUT2D eigenvalue weighted by Crippen LogP contribution is 2.32. The number of aromatic amines is 1. The maximum atomic E-state index is 13.2. The van der Waals surface area contributed by atoms with Crippen LogP contribution >= 0.6 is 0 Å². The van der Waals surface area contributed by atoms with Crippen molar-refractivity contribution in [3.63, 3.8) is 0 Å². The molecule has 5 rings (SSSR count). The topological polar surface area (TPSA) is 86.8 Å². The number of pyridine rings is 1. The van der Waals surface area contributed by atoms with Crippen LogP contribution in [0.2, 0.25) is 0 Å². The minimum Gasteiger partial charge on any atom is -0.361 e. The summed E-state index contributed by atoms with van der Waals surface area (Å²) >= 11 is 0. The van der Waals surface area contributed by atoms with Crippen molar-refractivity contribution in [2.24, 2.45) is 0 Å². The van der Waals surface area contributed by atoms with Crippen molar-refractivity contribution >= 4 is 28.6 Å². The summed E-state index contributed by atoms with van der Waals surface area (Å²) in [6, 6.07) is 16.0. The summed E-state index contributed by atoms with van der Waals surface area (Å²) in [6.07, 6.45) is 5.15. The first-order chi connectivity index (χ1) is 16.1. The maximum absolute atomic E-state index is 13.2. The number of likely N-dealkylation sites (tertiary alicyclic amines) is 1. The van der Waals surface area contributed by atoms with Crippen molar-refractivity contribution in [1.29, 1.82) is 0 Å². The fourth-order valence-corrected chi connectivity index (χ4v) is 4.70. The molecule has 0 spiro atoms. The molecule has 0 bridgehead atoms. The SMILES string of the molecule is Cc1cc(C)nc(Nc2cccc([C@H]3CCCN3C(=O)CCc3c[nH]c4ccccc34)n2)n1. The van der Waals surface area contributed by atoms with E-state index in [-0.39, 0.29) is 11.9 Å². The maximum Gasteiger partial charge on any atom is 0.228 e. The molecular weight excluding hydrogens is 412 g/mol. The molecule has 168 valence electrons. The largest absolute Gasteiger partial charge is 0.361 e. The second kappa shape index (κ2) is 9.02. The predicted octanol–water partition coefficient (Wildman–Crippen LogP) is 5.01. The number of fused-ring (bicyclic) bond motifs is 1. The number of para-hydroxylation sites is 1. The number of rotatable bonds is 6. The summed E-state index contributed by atoms with van der Waals surface area (Å²) < 4.78 is 0. The molecule has 7 heteroatoms. The molecule has 1 amide bonds. The van der Waals surface area contributed by atoms with Gasteiger partial charge >= 0.3 is 0 Å². The van der Waals surface area contributed by atoms with E-state index in [1.165, 1.54) is 10.9 Å². The van der Waals surface area contributed by atoms with Crippen LogP contribution < -0.4 is 5.32 Å². The van der Waals surface area contributed by atoms with Crippen molar-refractivity contribution < 1.29 is 4.79 Å². The van der Waals surface area contributed by atoms with E-state index in [2.05, 4.69) is 32.4 Å². The van der Waals surface area contributed by atoms with E-state index in [0.717, 1.165) is 48.4 Å². The molecule has 3 aromatic heterocycles. The van der Waals surface area contributed by atoms with Gasteiger partial charge in [0.1, 0.15) is 5.82 Å². The van der Waals surface area contributed by atoms with Gasteiger partial charge < -0.3 is 15.2 Å². The molecule has 2 N–H and O–H groups in total. The van der Waals surface area contributed by atoms with Gasteiger partial charge in [-0.15, -0.1) is 0 Å². The summed E-state index contributed by atoms with van der Waals surface area (Å²) in [5, 5.41) is 4.41. The monoisotopic (exact) mass is 440 g/mol. The zero-order valence-electron chi connectivity index (χ0n) is 19.0. The van der Waals surface area contributed by atoms with Gasteiger partial charge in [0.2, 0.25) is 11.9 Å². The van der Waals surface area contributed by atoms with E-state index < -0.39 is 0 Å². The van der Waals surface area contributed by atoms with Gasteiger partial charge in [-0.25, -0.2) is 15.0 Å². The van der Waals surface area contributed by atoms with Gasteiger partial charge in [0.25, 0.3) is 0 Å². The van der Waals surface area contributed by atoms with Crippen molar-refractivity contribution in [1.82, 2.24) is 24.8 Å². The average Bonchev–Trinajstić information content (AvgIpc) is 3.44. The minimum absolute atomic E-state index is 0.00221. The normalized spacial score (nSPS) is 15.8. The van der Waals surface area contributed by atoms with Crippen molar-refractivity contribution in [3.8, 4) is 0 Å². The van der Waals surface area contributed by atoms with Crippen LogP contribution in [0.5, 0.6) is 0 Å². The Morgan fingerprint density at radius 3 is 2.76 bits per heavy atom. The zero-order valence-corrected chi connectivity index (χ0v) is 19.0. The number of carbonyl (C=O) groups excluding carboxylic acids is 1. The zero-order chi connectivity index (χ0) is 22.8. The summed E-state index contributed by atoms with van der Waals surface area (Å²) in [5.74, 6) is 1.41. The molecule has 1 aliphatic rings. The van der Waals surface area contributed by atoms with Crippen LogP contribution in [-0.2, 0) is 11.2 Å². The number of H-pyrrole nitrogens is 1. The van der Waals surface area contributed by atoms with Crippen LogP contribution in [-0.4, -0.2) is 37.3 Å². The smallest absolute Gasteiger partial charge is 0.228 e. The molecule has 1 aromatic carbocycles. The third-order valence-corrected chi connectivity index (χ3v) is 6.19. The highest BCUT2D eigenvalue weighted by molar-refractivity contribution is 5.84. The molecule has 33 heavy (non-hydrogen) atoms. The van der Waals surface area contributed by atoms with Gasteiger partial charge in [-0.1, -0.05) is 24.3 Å². The number of anilines is 2. The van der Waals surface area contributed by atoms with Crippen molar-refractivity contribution in [2.45, 2.75) is 45.6 Å². The quantitative estimate of drug-likeness (QED) is 0.440. The molecule has 4 heterocycles. The first-order valence-electron chi connectivity index (χ1n) is 11.5. The van der Waals surface area contributed by atoms with Gasteiger partial charge in [0, 0.05) is 41.5 Å². The highest BCUT2D eigenvalue weighted by Gasteiger charge is 2.30. The van der Waals surface area contributed by atoms with Crippen LogP contribution in [0, 0.1) is 13.8 Å². The Bertz CT molecular complexity index is 1280. The minimum atomic E-state index is 0.00221. The molecule has 7 nitrogen and oxygen atoms in total. The van der Waals surface area contributed by atoms with Gasteiger partial charge in [-0.3, -0.25) is 4.79 Å². The predicted molar refractivity (Wildman–Crippen MR) is 129 cm³/mol. The second-order valence-electron chi connectivity index (χ2n) is 8.65. The van der Waals surface area contributed by atoms with Crippen LogP contribution in [0.4, 0.5) is 11.8 Å². The van der Waals surface area contributed by atoms with E-state index >= 15 is 0 Å². The molecule has 0 unspecified atom stereocenters. The Hall–Kier alpha value is -3.74. The molecule has 1 fully saturated rings. The number of amides is 1. The van der Waals surface area contributed by atoms with Crippen LogP contribution in [0.3, 0.4) is 0 Å². The molecule has 1 saturated heterocycles. The number of benzene rings is 1. The Morgan fingerprint density at radius 2 is 1.91 bits per heavy atom. The van der Waals surface area contributed by atoms with Gasteiger partial charge in [-0.2, -0.15) is 0 Å². The average molecular weight is 441 g/mol. The van der Waals surface area contributed by atoms with E-state index in [0.29, 0.717) is 18.2 Å². The van der Waals surface area contributed by atoms with Crippen molar-refractivity contribution in [3.05, 3.63) is 77.4 Å². The van der Waals surface area contributed by atoms with Crippen LogP contribution in [0.1, 0.15) is 47.9 Å². The van der Waals surface area contributed by atoms with E-state index in [4.69, 9.17) is 4.98 Å². The van der Waals surface area contributed by atoms with Crippen LogP contribution in [0.15, 0.2) is 54.7 Å². The molecular formula is C26H28N6O. The third kappa shape index (κ3) is 4.58. The first-order valence-corrected chi connectivity index (χ1v) is 11.5. The fraction of sp³-hybridized carbons (Fsp3) is 0.308. The Balaban J connectivity index is 1.29. The Kier molecular flexibility index (Phi) is 5.77. The molecule has 4 aromatic rings. The highest BCUT2D eigenvalue weighted by atomic mass is 16.2. The van der Waals surface area contributed by atoms with E-state index in [1.807, 2.05) is 61.3 Å². The number of nitrogens with one attached hydrogen (secondary N) is 2. The summed E-state index contributed by atoms with van der Waals surface area (Å²) in [4.78, 5) is 32.1. The second-order valence-corrected chi connectivity index (χ2v) is 8.65. The molecule has 0 radical (unpaired) electrons. The van der Waals surface area contributed by atoms with E-state index in [9.17, 15) is 4.79 Å². The fourth-order valence-electron chi connectivity index (χ4n) is 4.70. The van der Waals surface area contributed by atoms with E-state index in [1.54, 1.807) is 0 Å². The number of aryl methyl sites for hydroxylation is 3. The lowest BCUT2D eigenvalue weighted by molar-refractivity contribution is -0.132. The number of hydrogen-bond donors (Lipinski definition) is 2. The van der Waals surface area contributed by atoms with Gasteiger partial charge in [0.05, 0.1) is 11.7 Å². The molecule has 1 aliphatic heterocycles. The number of carbonyl (C=O) groups is 1. The third-order valence-electron chi connectivity index (χ3n) is 6.19. The molecule has 1 atom stereocenters. The lowest BCUT2D eigenvalue weighted by Crippen LogP contribution is -2.31. The summed E-state index contributed by atoms with van der Waals surface area (Å²) in [7, 11) is 0.